The summed E-state index contributed by atoms with van der Waals surface area (Å²) in [6.45, 7) is 4.46. The summed E-state index contributed by atoms with van der Waals surface area (Å²) in [6, 6.07) is 33.7. The van der Waals surface area contributed by atoms with Gasteiger partial charge in [-0.2, -0.15) is 0 Å². The first-order valence-electron chi connectivity index (χ1n) is 13.0. The second kappa shape index (κ2) is 9.73. The number of hydrogen-bond donors (Lipinski definition) is 2. The van der Waals surface area contributed by atoms with E-state index in [1.807, 2.05) is 72.8 Å². The molecule has 6 aromatic rings. The van der Waals surface area contributed by atoms with Crippen molar-refractivity contribution in [2.45, 2.75) is 19.3 Å². The van der Waals surface area contributed by atoms with Crippen LogP contribution in [0.15, 0.2) is 108 Å². The zero-order chi connectivity index (χ0) is 26.7. The van der Waals surface area contributed by atoms with E-state index >= 15 is 0 Å². The van der Waals surface area contributed by atoms with Crippen LogP contribution in [0.3, 0.4) is 0 Å². The van der Waals surface area contributed by atoms with E-state index in [2.05, 4.69) is 38.1 Å². The monoisotopic (exact) mass is 701 g/mol. The molecule has 0 unspecified atom stereocenters. The van der Waals surface area contributed by atoms with E-state index in [0.717, 1.165) is 27.3 Å². The van der Waals surface area contributed by atoms with Crippen LogP contribution in [0.1, 0.15) is 30.7 Å². The molecule has 0 saturated carbocycles. The molecule has 1 aliphatic carbocycles. The third-order valence-electron chi connectivity index (χ3n) is 7.91. The number of fused-ring (bicyclic) bond motifs is 5. The summed E-state index contributed by atoms with van der Waals surface area (Å²) >= 11 is 0. The Bertz CT molecular complexity index is 1970. The predicted molar refractivity (Wildman–Crippen MR) is 159 cm³/mol. The van der Waals surface area contributed by atoms with Crippen molar-refractivity contribution < 1.29 is 31.3 Å². The molecule has 2 N–H and O–H groups in total. The number of aliphatic imine (C=N–C) groups is 1. The van der Waals surface area contributed by atoms with Gasteiger partial charge in [-0.05, 0) is 63.4 Å². The second-order valence-electron chi connectivity index (χ2n) is 10.6. The molecule has 0 fully saturated rings. The molecule has 198 valence electrons. The van der Waals surface area contributed by atoms with Gasteiger partial charge in [-0.3, -0.25) is 4.99 Å². The van der Waals surface area contributed by atoms with E-state index in [4.69, 9.17) is 9.98 Å². The molecule has 5 aromatic carbocycles. The number of phenolic OH excluding ortho intramolecular Hbond substituents is 2. The fourth-order valence-corrected chi connectivity index (χ4v) is 5.96. The Morgan fingerprint density at radius 2 is 1.40 bits per heavy atom. The molecule has 0 bridgehead atoms. The second-order valence-corrected chi connectivity index (χ2v) is 10.6. The molecule has 0 amide bonds. The Balaban J connectivity index is 0.00000289. The summed E-state index contributed by atoms with van der Waals surface area (Å²) in [5, 5.41) is 25.4. The number of pyridine rings is 1. The van der Waals surface area contributed by atoms with Gasteiger partial charge in [0, 0.05) is 42.8 Å². The number of phenols is 2. The Labute approximate surface area is 247 Å². The Morgan fingerprint density at radius 3 is 2.25 bits per heavy atom. The smallest absolute Gasteiger partial charge is 0.125 e. The van der Waals surface area contributed by atoms with Crippen LogP contribution in [0.4, 0.5) is 5.69 Å². The van der Waals surface area contributed by atoms with Gasteiger partial charge in [0.15, 0.2) is 0 Å². The number of hydrogen-bond acceptors (Lipinski definition) is 4. The third-order valence-corrected chi connectivity index (χ3v) is 7.91. The van der Waals surface area contributed by atoms with E-state index in [-0.39, 0.29) is 38.0 Å². The van der Waals surface area contributed by atoms with Crippen LogP contribution in [-0.2, 0) is 26.5 Å². The molecule has 0 radical (unpaired) electrons. The van der Waals surface area contributed by atoms with Crippen LogP contribution >= 0.6 is 0 Å². The number of rotatable bonds is 3. The van der Waals surface area contributed by atoms with Crippen molar-refractivity contribution in [3.8, 4) is 33.9 Å². The molecule has 0 aliphatic heterocycles. The van der Waals surface area contributed by atoms with E-state index in [9.17, 15) is 10.2 Å². The summed E-state index contributed by atoms with van der Waals surface area (Å²) < 4.78 is 0. The van der Waals surface area contributed by atoms with Crippen LogP contribution in [0.2, 0.25) is 0 Å². The maximum Gasteiger partial charge on any atom is 0.125 e. The molecule has 7 rings (SSSR count). The van der Waals surface area contributed by atoms with Gasteiger partial charge in [0.2, 0.25) is 0 Å². The standard InChI is InChI=1S/C35H26N2O2.Pt/c1-35(2)28-14-6-5-13-25(28)26-19-32(39)27(18-29(26)35)34-24-12-4-3-9-22(24)17-23(37-34)20-36-30-15-7-10-21-11-8-16-31(38)33(21)30;/h3-20,38-39H,1-2H3;. The van der Waals surface area contributed by atoms with Crippen molar-refractivity contribution in [2.24, 2.45) is 4.99 Å². The quantitative estimate of drug-likeness (QED) is 0.182. The number of aromatic hydroxyl groups is 2. The minimum absolute atomic E-state index is 0. The molecule has 0 saturated heterocycles. The fourth-order valence-electron chi connectivity index (χ4n) is 5.96. The fraction of sp³-hybridized carbons (Fsp3) is 0.0857. The first-order valence-corrected chi connectivity index (χ1v) is 13.0. The first kappa shape index (κ1) is 26.0. The minimum Gasteiger partial charge on any atom is -0.507 e. The Hall–Kier alpha value is -4.27. The largest absolute Gasteiger partial charge is 0.507 e. The first-order chi connectivity index (χ1) is 18.9. The average molecular weight is 702 g/mol. The van der Waals surface area contributed by atoms with Gasteiger partial charge < -0.3 is 10.2 Å². The maximum atomic E-state index is 11.3. The van der Waals surface area contributed by atoms with E-state index in [1.165, 1.54) is 11.1 Å². The molecular formula is C35H26N2O2Pt. The van der Waals surface area contributed by atoms with Gasteiger partial charge in [0.1, 0.15) is 11.5 Å². The van der Waals surface area contributed by atoms with Crippen LogP contribution in [0.25, 0.3) is 43.9 Å². The normalized spacial score (nSPS) is 13.3. The Kier molecular flexibility index (Phi) is 6.32. The molecule has 4 nitrogen and oxygen atoms in total. The molecular weight excluding hydrogens is 675 g/mol. The summed E-state index contributed by atoms with van der Waals surface area (Å²) in [7, 11) is 0. The van der Waals surface area contributed by atoms with Crippen molar-refractivity contribution in [3.63, 3.8) is 0 Å². The van der Waals surface area contributed by atoms with E-state index < -0.39 is 0 Å². The zero-order valence-electron chi connectivity index (χ0n) is 22.0. The average Bonchev–Trinajstić information content (AvgIpc) is 3.17. The van der Waals surface area contributed by atoms with Gasteiger partial charge in [-0.15, -0.1) is 0 Å². The predicted octanol–water partition coefficient (Wildman–Crippen LogP) is 8.52. The van der Waals surface area contributed by atoms with Crippen LogP contribution in [-0.4, -0.2) is 21.4 Å². The number of aromatic nitrogens is 1. The van der Waals surface area contributed by atoms with Gasteiger partial charge in [0.05, 0.1) is 23.3 Å². The molecule has 1 aromatic heterocycles. The van der Waals surface area contributed by atoms with Crippen molar-refractivity contribution in [1.29, 1.82) is 0 Å². The summed E-state index contributed by atoms with van der Waals surface area (Å²) in [6.07, 6.45) is 1.72. The van der Waals surface area contributed by atoms with Crippen LogP contribution in [0.5, 0.6) is 11.5 Å². The topological polar surface area (TPSA) is 65.7 Å². The molecule has 40 heavy (non-hydrogen) atoms. The zero-order valence-corrected chi connectivity index (χ0v) is 24.3. The number of benzene rings is 5. The van der Waals surface area contributed by atoms with Crippen LogP contribution in [0, 0.1) is 0 Å². The van der Waals surface area contributed by atoms with Crippen molar-refractivity contribution in [2.75, 3.05) is 0 Å². The SMILES string of the molecule is CC1(C)c2ccccc2-c2cc(O)c(-c3nc(C=Nc4cccc5cccc(O)c45)cc4ccccc34)cc21.[Pt]. The molecule has 5 heteroatoms. The minimum atomic E-state index is -0.195. The van der Waals surface area contributed by atoms with Crippen molar-refractivity contribution in [1.82, 2.24) is 4.98 Å². The molecule has 1 aliphatic rings. The van der Waals surface area contributed by atoms with Crippen LogP contribution < -0.4 is 0 Å². The Morgan fingerprint density at radius 1 is 0.675 bits per heavy atom. The van der Waals surface area contributed by atoms with Gasteiger partial charge in [-0.25, -0.2) is 4.98 Å². The van der Waals surface area contributed by atoms with Gasteiger partial charge in [-0.1, -0.05) is 86.6 Å². The number of nitrogens with zero attached hydrogens (tertiary/aromatic N) is 2. The third kappa shape index (κ3) is 4.03. The summed E-state index contributed by atoms with van der Waals surface area (Å²) in [5.74, 6) is 0.394. The molecule has 1 heterocycles. The summed E-state index contributed by atoms with van der Waals surface area (Å²) in [5.41, 5.74) is 7.21. The van der Waals surface area contributed by atoms with Gasteiger partial charge in [0.25, 0.3) is 0 Å². The van der Waals surface area contributed by atoms with Gasteiger partial charge >= 0.3 is 0 Å². The molecule has 0 atom stereocenters. The van der Waals surface area contributed by atoms with Crippen molar-refractivity contribution >= 4 is 33.4 Å². The summed E-state index contributed by atoms with van der Waals surface area (Å²) in [4.78, 5) is 9.73. The van der Waals surface area contributed by atoms with E-state index in [1.54, 1.807) is 12.3 Å². The van der Waals surface area contributed by atoms with Crippen molar-refractivity contribution in [3.05, 3.63) is 120 Å². The molecule has 0 spiro atoms. The van der Waals surface area contributed by atoms with E-state index in [0.29, 0.717) is 28.0 Å². The maximum absolute atomic E-state index is 11.3.